The first kappa shape index (κ1) is 18.5. The SMILES string of the molecule is O=c1c2ccc(N3CCN(c4nccn5nccc45)CC3)cc2ncn1CC(F)F. The van der Waals surface area contributed by atoms with Gasteiger partial charge in [0.05, 0.1) is 30.0 Å². The summed E-state index contributed by atoms with van der Waals surface area (Å²) in [7, 11) is 0. The molecule has 1 aromatic carbocycles. The zero-order valence-electron chi connectivity index (χ0n) is 16.0. The number of anilines is 2. The predicted octanol–water partition coefficient (Wildman–Crippen LogP) is 2.03. The molecule has 30 heavy (non-hydrogen) atoms. The summed E-state index contributed by atoms with van der Waals surface area (Å²) in [5.41, 5.74) is 1.99. The molecule has 4 heterocycles. The van der Waals surface area contributed by atoms with E-state index in [2.05, 4.69) is 24.9 Å². The van der Waals surface area contributed by atoms with Crippen LogP contribution in [-0.4, -0.2) is 56.8 Å². The van der Waals surface area contributed by atoms with E-state index in [0.29, 0.717) is 10.9 Å². The van der Waals surface area contributed by atoms with E-state index in [0.717, 1.165) is 47.8 Å². The molecule has 10 heteroatoms. The summed E-state index contributed by atoms with van der Waals surface area (Å²) < 4.78 is 28.0. The van der Waals surface area contributed by atoms with E-state index in [1.807, 2.05) is 28.9 Å². The first-order valence-electron chi connectivity index (χ1n) is 9.66. The molecule has 5 rings (SSSR count). The number of nitrogens with zero attached hydrogens (tertiary/aromatic N) is 7. The summed E-state index contributed by atoms with van der Waals surface area (Å²) in [6.45, 7) is 2.50. The second-order valence-corrected chi connectivity index (χ2v) is 7.18. The minimum atomic E-state index is -2.60. The van der Waals surface area contributed by atoms with E-state index in [1.54, 1.807) is 18.5 Å². The lowest BCUT2D eigenvalue weighted by Crippen LogP contribution is -2.47. The lowest BCUT2D eigenvalue weighted by molar-refractivity contribution is 0.125. The molecule has 8 nitrogen and oxygen atoms in total. The summed E-state index contributed by atoms with van der Waals surface area (Å²) in [6.07, 6.45) is 3.93. The van der Waals surface area contributed by atoms with Gasteiger partial charge in [-0.3, -0.25) is 9.36 Å². The van der Waals surface area contributed by atoms with Crippen molar-refractivity contribution >= 4 is 27.9 Å². The minimum Gasteiger partial charge on any atom is -0.368 e. The summed E-state index contributed by atoms with van der Waals surface area (Å²) >= 11 is 0. The van der Waals surface area contributed by atoms with Gasteiger partial charge in [0.15, 0.2) is 5.82 Å². The maximum Gasteiger partial charge on any atom is 0.261 e. The average Bonchev–Trinajstić information content (AvgIpc) is 3.24. The zero-order chi connectivity index (χ0) is 20.7. The fourth-order valence-electron chi connectivity index (χ4n) is 3.89. The van der Waals surface area contributed by atoms with Crippen molar-refractivity contribution in [1.29, 1.82) is 0 Å². The monoisotopic (exact) mass is 411 g/mol. The maximum atomic E-state index is 12.6. The fraction of sp³-hybridized carbons (Fsp3) is 0.300. The summed E-state index contributed by atoms with van der Waals surface area (Å²) in [6, 6.07) is 7.31. The largest absolute Gasteiger partial charge is 0.368 e. The van der Waals surface area contributed by atoms with E-state index in [9.17, 15) is 13.6 Å². The Morgan fingerprint density at radius 3 is 2.60 bits per heavy atom. The number of piperazine rings is 1. The second-order valence-electron chi connectivity index (χ2n) is 7.18. The molecule has 0 atom stereocenters. The molecular weight excluding hydrogens is 392 g/mol. The number of fused-ring (bicyclic) bond motifs is 2. The van der Waals surface area contributed by atoms with Crippen LogP contribution in [0, 0.1) is 0 Å². The lowest BCUT2D eigenvalue weighted by Gasteiger charge is -2.36. The van der Waals surface area contributed by atoms with Gasteiger partial charge in [0.1, 0.15) is 5.52 Å². The molecule has 0 N–H and O–H groups in total. The second kappa shape index (κ2) is 7.36. The molecule has 1 aliphatic rings. The number of aromatic nitrogens is 5. The van der Waals surface area contributed by atoms with Gasteiger partial charge in [-0.05, 0) is 24.3 Å². The number of hydrogen-bond acceptors (Lipinski definition) is 6. The molecule has 0 unspecified atom stereocenters. The van der Waals surface area contributed by atoms with Gasteiger partial charge in [0.2, 0.25) is 0 Å². The molecule has 4 aromatic rings. The Balaban J connectivity index is 1.36. The topological polar surface area (TPSA) is 71.6 Å². The van der Waals surface area contributed by atoms with E-state index >= 15 is 0 Å². The number of halogens is 2. The van der Waals surface area contributed by atoms with Gasteiger partial charge in [-0.2, -0.15) is 5.10 Å². The van der Waals surface area contributed by atoms with Crippen LogP contribution in [0.2, 0.25) is 0 Å². The van der Waals surface area contributed by atoms with Crippen molar-refractivity contribution in [2.24, 2.45) is 0 Å². The molecule has 0 radical (unpaired) electrons. The van der Waals surface area contributed by atoms with Crippen LogP contribution in [0.4, 0.5) is 20.3 Å². The molecule has 0 amide bonds. The van der Waals surface area contributed by atoms with E-state index in [4.69, 9.17) is 0 Å². The third-order valence-electron chi connectivity index (χ3n) is 5.39. The smallest absolute Gasteiger partial charge is 0.261 e. The summed E-state index contributed by atoms with van der Waals surface area (Å²) in [5, 5.41) is 4.60. The van der Waals surface area contributed by atoms with Crippen LogP contribution in [0.5, 0.6) is 0 Å². The fourth-order valence-corrected chi connectivity index (χ4v) is 3.89. The molecule has 1 fully saturated rings. The normalized spacial score (nSPS) is 14.9. The van der Waals surface area contributed by atoms with Crippen molar-refractivity contribution in [3.8, 4) is 0 Å². The third kappa shape index (κ3) is 3.23. The molecule has 1 aliphatic heterocycles. The van der Waals surface area contributed by atoms with Crippen molar-refractivity contribution in [1.82, 2.24) is 24.1 Å². The summed E-state index contributed by atoms with van der Waals surface area (Å²) in [5.74, 6) is 0.911. The highest BCUT2D eigenvalue weighted by Gasteiger charge is 2.21. The van der Waals surface area contributed by atoms with Gasteiger partial charge in [0.25, 0.3) is 12.0 Å². The highest BCUT2D eigenvalue weighted by atomic mass is 19.3. The van der Waals surface area contributed by atoms with Crippen LogP contribution in [0.1, 0.15) is 0 Å². The van der Waals surface area contributed by atoms with E-state index in [1.165, 1.54) is 6.33 Å². The lowest BCUT2D eigenvalue weighted by atomic mass is 10.2. The molecule has 0 spiro atoms. The van der Waals surface area contributed by atoms with Crippen molar-refractivity contribution in [3.63, 3.8) is 0 Å². The van der Waals surface area contributed by atoms with Crippen molar-refractivity contribution in [3.05, 3.63) is 59.5 Å². The Labute approximate surface area is 170 Å². The van der Waals surface area contributed by atoms with Gasteiger partial charge >= 0.3 is 0 Å². The van der Waals surface area contributed by atoms with Gasteiger partial charge < -0.3 is 9.80 Å². The molecular formula is C20H19F2N7O. The Bertz CT molecular complexity index is 1260. The highest BCUT2D eigenvalue weighted by molar-refractivity contribution is 5.81. The first-order chi connectivity index (χ1) is 14.6. The standard InChI is InChI=1S/C20H19F2N7O/c21-18(22)12-28-13-24-16-11-14(1-2-15(16)20(28)30)26-7-9-27(10-8-26)19-17-3-4-25-29(17)6-5-23-19/h1-6,11,13,18H,7-10,12H2. The minimum absolute atomic E-state index is 0.345. The Hall–Kier alpha value is -3.56. The Morgan fingerprint density at radius 2 is 1.80 bits per heavy atom. The zero-order valence-corrected chi connectivity index (χ0v) is 16.0. The average molecular weight is 411 g/mol. The first-order valence-corrected chi connectivity index (χ1v) is 9.66. The maximum absolute atomic E-state index is 12.6. The number of rotatable bonds is 4. The van der Waals surface area contributed by atoms with Crippen molar-refractivity contribution in [2.45, 2.75) is 13.0 Å². The molecule has 0 bridgehead atoms. The number of alkyl halides is 2. The van der Waals surface area contributed by atoms with Crippen LogP contribution in [-0.2, 0) is 6.54 Å². The van der Waals surface area contributed by atoms with Crippen LogP contribution >= 0.6 is 0 Å². The van der Waals surface area contributed by atoms with Crippen LogP contribution in [0.15, 0.2) is 54.0 Å². The third-order valence-corrected chi connectivity index (χ3v) is 5.39. The van der Waals surface area contributed by atoms with Crippen LogP contribution < -0.4 is 15.4 Å². The van der Waals surface area contributed by atoms with E-state index in [-0.39, 0.29) is 0 Å². The molecule has 0 saturated carbocycles. The van der Waals surface area contributed by atoms with Crippen molar-refractivity contribution < 1.29 is 8.78 Å². The molecule has 3 aromatic heterocycles. The quantitative estimate of drug-likeness (QED) is 0.512. The van der Waals surface area contributed by atoms with Gasteiger partial charge in [-0.15, -0.1) is 0 Å². The van der Waals surface area contributed by atoms with Crippen LogP contribution in [0.25, 0.3) is 16.4 Å². The number of benzene rings is 1. The highest BCUT2D eigenvalue weighted by Crippen LogP contribution is 2.24. The van der Waals surface area contributed by atoms with Crippen molar-refractivity contribution in [2.75, 3.05) is 36.0 Å². The van der Waals surface area contributed by atoms with Gasteiger partial charge in [-0.25, -0.2) is 23.3 Å². The Kier molecular flexibility index (Phi) is 4.53. The van der Waals surface area contributed by atoms with Gasteiger partial charge in [0, 0.05) is 44.3 Å². The summed E-state index contributed by atoms with van der Waals surface area (Å²) in [4.78, 5) is 25.6. The molecule has 154 valence electrons. The molecule has 0 aliphatic carbocycles. The molecule has 1 saturated heterocycles. The van der Waals surface area contributed by atoms with E-state index < -0.39 is 18.5 Å². The Morgan fingerprint density at radius 1 is 1.00 bits per heavy atom. The number of hydrogen-bond donors (Lipinski definition) is 0. The van der Waals surface area contributed by atoms with Gasteiger partial charge in [-0.1, -0.05) is 0 Å². The van der Waals surface area contributed by atoms with Crippen LogP contribution in [0.3, 0.4) is 0 Å². The predicted molar refractivity (Wildman–Crippen MR) is 109 cm³/mol.